The van der Waals surface area contributed by atoms with Gasteiger partial charge in [0.2, 0.25) is 5.91 Å². The van der Waals surface area contributed by atoms with Gasteiger partial charge < -0.3 is 15.0 Å². The number of amides is 1. The summed E-state index contributed by atoms with van der Waals surface area (Å²) in [5.74, 6) is 0.194. The number of nitrogens with one attached hydrogen (secondary N) is 1. The molecule has 2 aromatic rings. The van der Waals surface area contributed by atoms with Crippen LogP contribution in [0.1, 0.15) is 18.4 Å². The third-order valence-corrected chi connectivity index (χ3v) is 5.02. The van der Waals surface area contributed by atoms with Crippen molar-refractivity contribution in [3.05, 3.63) is 48.0 Å². The summed E-state index contributed by atoms with van der Waals surface area (Å²) in [7, 11) is 3.58. The van der Waals surface area contributed by atoms with Crippen molar-refractivity contribution in [1.29, 1.82) is 0 Å². The third kappa shape index (κ3) is 4.32. The molecule has 136 valence electrons. The molecule has 25 heavy (non-hydrogen) atoms. The minimum absolute atomic E-state index is 0. The van der Waals surface area contributed by atoms with Crippen LogP contribution in [0.15, 0.2) is 42.5 Å². The number of hydrogen-bond acceptors (Lipinski definition) is 3. The smallest absolute Gasteiger partial charge is 0.231 e. The van der Waals surface area contributed by atoms with Gasteiger partial charge in [-0.15, -0.1) is 12.4 Å². The van der Waals surface area contributed by atoms with Crippen LogP contribution in [0, 0.1) is 5.41 Å². The number of carbonyl (C=O) groups excluding carboxylic acids is 1. The molecule has 1 amide bonds. The first kappa shape index (κ1) is 19.7. The molecule has 2 aromatic carbocycles. The number of nitrogens with zero attached hydrogens (tertiary/aromatic N) is 1. The Morgan fingerprint density at radius 2 is 1.84 bits per heavy atom. The second-order valence-corrected chi connectivity index (χ2v) is 6.81. The minimum Gasteiger partial charge on any atom is -0.384 e. The van der Waals surface area contributed by atoms with Gasteiger partial charge >= 0.3 is 0 Å². The molecule has 0 spiro atoms. The van der Waals surface area contributed by atoms with E-state index in [-0.39, 0.29) is 23.7 Å². The highest BCUT2D eigenvalue weighted by molar-refractivity contribution is 5.85. The molecule has 4 nitrogen and oxygen atoms in total. The van der Waals surface area contributed by atoms with Gasteiger partial charge in [0.25, 0.3) is 0 Å². The van der Waals surface area contributed by atoms with Crippen LogP contribution in [0.3, 0.4) is 0 Å². The molecule has 1 fully saturated rings. The molecular weight excluding hydrogens is 336 g/mol. The lowest BCUT2D eigenvalue weighted by Gasteiger charge is -2.38. The molecule has 5 heteroatoms. The van der Waals surface area contributed by atoms with Crippen molar-refractivity contribution in [3.8, 4) is 0 Å². The van der Waals surface area contributed by atoms with E-state index in [4.69, 9.17) is 4.74 Å². The predicted octanol–water partition coefficient (Wildman–Crippen LogP) is 3.24. The maximum absolute atomic E-state index is 13.1. The minimum atomic E-state index is -0.383. The second-order valence-electron chi connectivity index (χ2n) is 6.81. The summed E-state index contributed by atoms with van der Waals surface area (Å²) < 4.78 is 5.39. The standard InChI is InChI=1S/C20H26N2O2.ClH/c1-22(19(23)20(15-24-2)9-11-21-12-10-20)14-16-7-8-17-5-3-4-6-18(17)13-16;/h3-8,13,21H,9-12,14-15H2,1-2H3;1H. The van der Waals surface area contributed by atoms with Gasteiger partial charge in [0.05, 0.1) is 12.0 Å². The summed E-state index contributed by atoms with van der Waals surface area (Å²) in [4.78, 5) is 15.0. The Hall–Kier alpha value is -1.62. The first-order valence-corrected chi connectivity index (χ1v) is 8.57. The molecule has 0 aliphatic carbocycles. The van der Waals surface area contributed by atoms with Gasteiger partial charge in [-0.25, -0.2) is 0 Å². The largest absolute Gasteiger partial charge is 0.384 e. The van der Waals surface area contributed by atoms with Crippen LogP contribution in [0.25, 0.3) is 10.8 Å². The van der Waals surface area contributed by atoms with E-state index in [2.05, 4.69) is 35.6 Å². The molecule has 0 bridgehead atoms. The summed E-state index contributed by atoms with van der Waals surface area (Å²) in [5, 5.41) is 5.77. The highest BCUT2D eigenvalue weighted by Crippen LogP contribution is 2.32. The monoisotopic (exact) mass is 362 g/mol. The van der Waals surface area contributed by atoms with Crippen LogP contribution in [-0.2, 0) is 16.1 Å². The van der Waals surface area contributed by atoms with Crippen LogP contribution in [0.5, 0.6) is 0 Å². The number of ether oxygens (including phenoxy) is 1. The normalized spacial score (nSPS) is 16.2. The zero-order valence-corrected chi connectivity index (χ0v) is 15.8. The molecule has 3 rings (SSSR count). The number of benzene rings is 2. The summed E-state index contributed by atoms with van der Waals surface area (Å²) >= 11 is 0. The lowest BCUT2D eigenvalue weighted by Crippen LogP contribution is -2.50. The maximum Gasteiger partial charge on any atom is 0.231 e. The molecule has 1 saturated heterocycles. The van der Waals surface area contributed by atoms with Crippen molar-refractivity contribution in [2.45, 2.75) is 19.4 Å². The van der Waals surface area contributed by atoms with E-state index >= 15 is 0 Å². The molecule has 1 N–H and O–H groups in total. The molecule has 1 heterocycles. The Kier molecular flexibility index (Phi) is 6.82. The first-order chi connectivity index (χ1) is 11.6. The number of methoxy groups -OCH3 is 1. The molecule has 0 atom stereocenters. The molecule has 0 unspecified atom stereocenters. The van der Waals surface area contributed by atoms with Crippen molar-refractivity contribution >= 4 is 29.1 Å². The topological polar surface area (TPSA) is 41.6 Å². The van der Waals surface area contributed by atoms with Crippen LogP contribution in [0.4, 0.5) is 0 Å². The van der Waals surface area contributed by atoms with Gasteiger partial charge in [0, 0.05) is 20.7 Å². The lowest BCUT2D eigenvalue weighted by atomic mass is 9.78. The highest BCUT2D eigenvalue weighted by Gasteiger charge is 2.41. The molecule has 1 aliphatic heterocycles. The quantitative estimate of drug-likeness (QED) is 0.887. The Bertz CT molecular complexity index is 708. The zero-order chi connectivity index (χ0) is 17.0. The summed E-state index contributed by atoms with van der Waals surface area (Å²) in [6, 6.07) is 14.7. The number of fused-ring (bicyclic) bond motifs is 1. The SMILES string of the molecule is COCC1(C(=O)N(C)Cc2ccc3ccccc3c2)CCNCC1.Cl. The lowest BCUT2D eigenvalue weighted by molar-refractivity contribution is -0.146. The number of carbonyl (C=O) groups is 1. The van der Waals surface area contributed by atoms with E-state index < -0.39 is 0 Å². The van der Waals surface area contributed by atoms with E-state index in [0.29, 0.717) is 13.2 Å². The van der Waals surface area contributed by atoms with Gasteiger partial charge in [-0.3, -0.25) is 4.79 Å². The van der Waals surface area contributed by atoms with Crippen molar-refractivity contribution in [2.75, 3.05) is 33.9 Å². The third-order valence-electron chi connectivity index (χ3n) is 5.02. The molecule has 0 aromatic heterocycles. The van der Waals surface area contributed by atoms with E-state index in [1.165, 1.54) is 10.8 Å². The van der Waals surface area contributed by atoms with Gasteiger partial charge in [-0.05, 0) is 48.3 Å². The van der Waals surface area contributed by atoms with Gasteiger partial charge in [-0.1, -0.05) is 36.4 Å². The number of hydrogen-bond donors (Lipinski definition) is 1. The first-order valence-electron chi connectivity index (χ1n) is 8.57. The molecule has 0 radical (unpaired) electrons. The molecular formula is C20H27ClN2O2. The van der Waals surface area contributed by atoms with E-state index in [9.17, 15) is 4.79 Å². The fourth-order valence-electron chi connectivity index (χ4n) is 3.69. The predicted molar refractivity (Wildman–Crippen MR) is 104 cm³/mol. The Balaban J connectivity index is 0.00000225. The summed E-state index contributed by atoms with van der Waals surface area (Å²) in [5.41, 5.74) is 0.775. The fourth-order valence-corrected chi connectivity index (χ4v) is 3.69. The van der Waals surface area contributed by atoms with Crippen LogP contribution in [-0.4, -0.2) is 44.7 Å². The van der Waals surface area contributed by atoms with Crippen LogP contribution >= 0.6 is 12.4 Å². The average molecular weight is 363 g/mol. The summed E-state index contributed by atoms with van der Waals surface area (Å²) in [6.07, 6.45) is 1.67. The van der Waals surface area contributed by atoms with Crippen LogP contribution in [0.2, 0.25) is 0 Å². The van der Waals surface area contributed by atoms with Gasteiger partial charge in [-0.2, -0.15) is 0 Å². The van der Waals surface area contributed by atoms with Gasteiger partial charge in [0.15, 0.2) is 0 Å². The van der Waals surface area contributed by atoms with Crippen molar-refractivity contribution in [2.24, 2.45) is 5.41 Å². The van der Waals surface area contributed by atoms with Crippen molar-refractivity contribution in [1.82, 2.24) is 10.2 Å². The summed E-state index contributed by atoms with van der Waals surface area (Å²) in [6.45, 7) is 2.87. The zero-order valence-electron chi connectivity index (χ0n) is 15.0. The van der Waals surface area contributed by atoms with E-state index in [1.54, 1.807) is 7.11 Å². The molecule has 1 aliphatic rings. The number of halogens is 1. The Morgan fingerprint density at radius 3 is 2.52 bits per heavy atom. The average Bonchev–Trinajstić information content (AvgIpc) is 2.62. The number of rotatable bonds is 5. The van der Waals surface area contributed by atoms with Crippen molar-refractivity contribution in [3.63, 3.8) is 0 Å². The number of piperidine rings is 1. The molecule has 0 saturated carbocycles. The second kappa shape index (κ2) is 8.65. The Morgan fingerprint density at radius 1 is 1.16 bits per heavy atom. The Labute approximate surface area is 155 Å². The maximum atomic E-state index is 13.1. The van der Waals surface area contributed by atoms with E-state index in [1.807, 2.05) is 24.1 Å². The fraction of sp³-hybridized carbons (Fsp3) is 0.450. The van der Waals surface area contributed by atoms with Crippen molar-refractivity contribution < 1.29 is 9.53 Å². The van der Waals surface area contributed by atoms with Gasteiger partial charge in [0.1, 0.15) is 0 Å². The van der Waals surface area contributed by atoms with Crippen LogP contribution < -0.4 is 5.32 Å². The highest BCUT2D eigenvalue weighted by atomic mass is 35.5. The van der Waals surface area contributed by atoms with E-state index in [0.717, 1.165) is 31.5 Å².